The van der Waals surface area contributed by atoms with Crippen LogP contribution in [0.1, 0.15) is 46.4 Å². The predicted molar refractivity (Wildman–Crippen MR) is 128 cm³/mol. The SMILES string of the molecule is Cc1ccc(C)c(Cn2c(C(F)F)c(CCC(=O)NCc3ccccc3F)c3ccccc32)c1. The number of halogens is 3. The number of fused-ring (bicyclic) bond motifs is 1. The Balaban J connectivity index is 1.61. The number of nitrogens with zero attached hydrogens (tertiary/aromatic N) is 1. The van der Waals surface area contributed by atoms with Gasteiger partial charge in [0.05, 0.1) is 5.69 Å². The number of carbonyl (C=O) groups is 1. The lowest BCUT2D eigenvalue weighted by Crippen LogP contribution is -2.23. The van der Waals surface area contributed by atoms with E-state index >= 15 is 0 Å². The number of amides is 1. The molecule has 0 aliphatic heterocycles. The van der Waals surface area contributed by atoms with E-state index in [4.69, 9.17) is 0 Å². The first kappa shape index (κ1) is 23.6. The van der Waals surface area contributed by atoms with Gasteiger partial charge in [0.25, 0.3) is 6.43 Å². The molecule has 3 nitrogen and oxygen atoms in total. The van der Waals surface area contributed by atoms with Gasteiger partial charge in [-0.05, 0) is 49.1 Å². The van der Waals surface area contributed by atoms with Crippen molar-refractivity contribution in [2.24, 2.45) is 0 Å². The van der Waals surface area contributed by atoms with Gasteiger partial charge < -0.3 is 9.88 Å². The molecule has 0 aliphatic rings. The summed E-state index contributed by atoms with van der Waals surface area (Å²) >= 11 is 0. The summed E-state index contributed by atoms with van der Waals surface area (Å²) in [7, 11) is 0. The minimum atomic E-state index is -2.69. The summed E-state index contributed by atoms with van der Waals surface area (Å²) in [4.78, 5) is 12.5. The van der Waals surface area contributed by atoms with Crippen LogP contribution in [0.5, 0.6) is 0 Å². The van der Waals surface area contributed by atoms with E-state index in [1.165, 1.54) is 6.07 Å². The molecule has 1 aromatic heterocycles. The molecule has 1 N–H and O–H groups in total. The number of benzene rings is 3. The van der Waals surface area contributed by atoms with Crippen molar-refractivity contribution in [3.05, 3.63) is 106 Å². The van der Waals surface area contributed by atoms with Gasteiger partial charge in [-0.2, -0.15) is 0 Å². The molecule has 0 saturated heterocycles. The maximum atomic E-state index is 14.4. The molecule has 0 aliphatic carbocycles. The highest BCUT2D eigenvalue weighted by atomic mass is 19.3. The monoisotopic (exact) mass is 464 g/mol. The van der Waals surface area contributed by atoms with E-state index in [2.05, 4.69) is 5.32 Å². The maximum Gasteiger partial charge on any atom is 0.278 e. The molecule has 0 fully saturated rings. The van der Waals surface area contributed by atoms with Crippen molar-refractivity contribution in [3.8, 4) is 0 Å². The third-order valence-electron chi connectivity index (χ3n) is 6.20. The van der Waals surface area contributed by atoms with Crippen molar-refractivity contribution in [2.45, 2.75) is 46.2 Å². The van der Waals surface area contributed by atoms with Gasteiger partial charge in [0.2, 0.25) is 5.91 Å². The van der Waals surface area contributed by atoms with Gasteiger partial charge in [0.1, 0.15) is 5.82 Å². The molecule has 0 atom stereocenters. The lowest BCUT2D eigenvalue weighted by atomic mass is 10.0. The number of rotatable bonds is 8. The van der Waals surface area contributed by atoms with Crippen molar-refractivity contribution in [1.29, 1.82) is 0 Å². The third-order valence-corrected chi connectivity index (χ3v) is 6.20. The largest absolute Gasteiger partial charge is 0.352 e. The normalized spacial score (nSPS) is 11.4. The average molecular weight is 465 g/mol. The zero-order valence-corrected chi connectivity index (χ0v) is 19.2. The van der Waals surface area contributed by atoms with Crippen LogP contribution in [0.2, 0.25) is 0 Å². The lowest BCUT2D eigenvalue weighted by molar-refractivity contribution is -0.121. The van der Waals surface area contributed by atoms with Crippen LogP contribution in [0, 0.1) is 19.7 Å². The quantitative estimate of drug-likeness (QED) is 0.312. The summed E-state index contributed by atoms with van der Waals surface area (Å²) in [6.07, 6.45) is -2.48. The second-order valence-electron chi connectivity index (χ2n) is 8.57. The Labute approximate surface area is 197 Å². The molecule has 0 bridgehead atoms. The molecule has 0 radical (unpaired) electrons. The summed E-state index contributed by atoms with van der Waals surface area (Å²) in [6.45, 7) is 4.34. The maximum absolute atomic E-state index is 14.4. The fourth-order valence-corrected chi connectivity index (χ4v) is 4.38. The van der Waals surface area contributed by atoms with Crippen molar-refractivity contribution >= 4 is 16.8 Å². The minimum Gasteiger partial charge on any atom is -0.352 e. The Morgan fingerprint density at radius 1 is 0.971 bits per heavy atom. The third kappa shape index (κ3) is 5.01. The molecule has 6 heteroatoms. The average Bonchev–Trinajstić information content (AvgIpc) is 3.13. The zero-order chi connectivity index (χ0) is 24.2. The Bertz CT molecular complexity index is 1330. The van der Waals surface area contributed by atoms with Gasteiger partial charge in [-0.25, -0.2) is 13.2 Å². The van der Waals surface area contributed by atoms with Crippen molar-refractivity contribution in [3.63, 3.8) is 0 Å². The fourth-order valence-electron chi connectivity index (χ4n) is 4.38. The molecule has 0 saturated carbocycles. The second-order valence-corrected chi connectivity index (χ2v) is 8.57. The fraction of sp³-hybridized carbons (Fsp3) is 0.250. The number of hydrogen-bond donors (Lipinski definition) is 1. The number of carbonyl (C=O) groups excluding carboxylic acids is 1. The van der Waals surface area contributed by atoms with E-state index in [0.717, 1.165) is 27.6 Å². The number of para-hydroxylation sites is 1. The van der Waals surface area contributed by atoms with Crippen LogP contribution in [-0.2, 0) is 24.3 Å². The number of hydrogen-bond acceptors (Lipinski definition) is 1. The Morgan fingerprint density at radius 2 is 1.71 bits per heavy atom. The van der Waals surface area contributed by atoms with Gasteiger partial charge in [-0.3, -0.25) is 4.79 Å². The minimum absolute atomic E-state index is 0.0334. The van der Waals surface area contributed by atoms with Crippen LogP contribution >= 0.6 is 0 Å². The Morgan fingerprint density at radius 3 is 2.47 bits per heavy atom. The van der Waals surface area contributed by atoms with Crippen LogP contribution in [0.25, 0.3) is 10.9 Å². The second kappa shape index (κ2) is 10.2. The van der Waals surface area contributed by atoms with Gasteiger partial charge >= 0.3 is 0 Å². The number of aromatic nitrogens is 1. The van der Waals surface area contributed by atoms with E-state index in [0.29, 0.717) is 17.7 Å². The van der Waals surface area contributed by atoms with E-state index in [1.54, 1.807) is 22.8 Å². The van der Waals surface area contributed by atoms with Crippen LogP contribution in [-0.4, -0.2) is 10.5 Å². The Hall–Kier alpha value is -3.54. The first-order chi connectivity index (χ1) is 16.3. The number of nitrogens with one attached hydrogen (secondary N) is 1. The first-order valence-electron chi connectivity index (χ1n) is 11.3. The van der Waals surface area contributed by atoms with E-state index in [-0.39, 0.29) is 31.0 Å². The molecule has 0 spiro atoms. The van der Waals surface area contributed by atoms with Gasteiger partial charge in [-0.1, -0.05) is 60.2 Å². The topological polar surface area (TPSA) is 34.0 Å². The highest BCUT2D eigenvalue weighted by Gasteiger charge is 2.24. The van der Waals surface area contributed by atoms with Crippen LogP contribution in [0.4, 0.5) is 13.2 Å². The molecule has 3 aromatic carbocycles. The van der Waals surface area contributed by atoms with Crippen molar-refractivity contribution < 1.29 is 18.0 Å². The summed E-state index contributed by atoms with van der Waals surface area (Å²) < 4.78 is 44.2. The van der Waals surface area contributed by atoms with Crippen molar-refractivity contribution in [2.75, 3.05) is 0 Å². The van der Waals surface area contributed by atoms with Crippen LogP contribution in [0.3, 0.4) is 0 Å². The highest BCUT2D eigenvalue weighted by molar-refractivity contribution is 5.87. The standard InChI is InChI=1S/C28H27F3N2O/c1-18-11-12-19(2)21(15-18)17-33-25-10-6-4-8-22(25)23(27(33)28(30)31)13-14-26(34)32-16-20-7-3-5-9-24(20)29/h3-12,15,28H,13-14,16-17H2,1-2H3,(H,32,34). The smallest absolute Gasteiger partial charge is 0.278 e. The Kier molecular flexibility index (Phi) is 7.06. The predicted octanol–water partition coefficient (Wildman–Crippen LogP) is 6.63. The molecule has 4 aromatic rings. The van der Waals surface area contributed by atoms with E-state index in [9.17, 15) is 18.0 Å². The highest BCUT2D eigenvalue weighted by Crippen LogP contribution is 2.35. The first-order valence-corrected chi connectivity index (χ1v) is 11.3. The molecule has 0 unspecified atom stereocenters. The molecule has 176 valence electrons. The summed E-state index contributed by atoms with van der Waals surface area (Å²) in [5.41, 5.74) is 4.63. The number of aryl methyl sites for hydroxylation is 3. The molecular formula is C28H27F3N2O. The van der Waals surface area contributed by atoms with Crippen molar-refractivity contribution in [1.82, 2.24) is 9.88 Å². The summed E-state index contributed by atoms with van der Waals surface area (Å²) in [5, 5.41) is 3.42. The molecular weight excluding hydrogens is 437 g/mol. The summed E-state index contributed by atoms with van der Waals surface area (Å²) in [5.74, 6) is -0.702. The van der Waals surface area contributed by atoms with Gasteiger partial charge in [-0.15, -0.1) is 0 Å². The van der Waals surface area contributed by atoms with E-state index in [1.807, 2.05) is 56.3 Å². The number of alkyl halides is 2. The molecule has 4 rings (SSSR count). The molecule has 1 amide bonds. The van der Waals surface area contributed by atoms with E-state index < -0.39 is 12.2 Å². The molecule has 1 heterocycles. The summed E-state index contributed by atoms with van der Waals surface area (Å²) in [6, 6.07) is 19.6. The van der Waals surface area contributed by atoms with Gasteiger partial charge in [0, 0.05) is 36.0 Å². The van der Waals surface area contributed by atoms with Crippen LogP contribution in [0.15, 0.2) is 66.7 Å². The van der Waals surface area contributed by atoms with Crippen LogP contribution < -0.4 is 5.32 Å². The molecule has 34 heavy (non-hydrogen) atoms. The lowest BCUT2D eigenvalue weighted by Gasteiger charge is -2.14. The zero-order valence-electron chi connectivity index (χ0n) is 19.2. The van der Waals surface area contributed by atoms with Gasteiger partial charge in [0.15, 0.2) is 0 Å².